The summed E-state index contributed by atoms with van der Waals surface area (Å²) in [6, 6.07) is 5.56. The predicted octanol–water partition coefficient (Wildman–Crippen LogP) is 2.19. The summed E-state index contributed by atoms with van der Waals surface area (Å²) in [7, 11) is 3.40. The van der Waals surface area contributed by atoms with E-state index in [2.05, 4.69) is 5.10 Å². The van der Waals surface area contributed by atoms with E-state index in [1.54, 1.807) is 29.9 Å². The molecular weight excluding hydrogens is 372 g/mol. The van der Waals surface area contributed by atoms with E-state index >= 15 is 0 Å². The number of rotatable bonds is 6. The molecule has 0 radical (unpaired) electrons. The molecule has 0 fully saturated rings. The third kappa shape index (κ3) is 4.52. The second-order valence-corrected chi connectivity index (χ2v) is 7.00. The van der Waals surface area contributed by atoms with Gasteiger partial charge in [-0.1, -0.05) is 0 Å². The lowest BCUT2D eigenvalue weighted by molar-refractivity contribution is -0.131. The Morgan fingerprint density at radius 2 is 1.83 bits per heavy atom. The number of hydrogen-bond donors (Lipinski definition) is 0. The predicted molar refractivity (Wildman–Crippen MR) is 109 cm³/mol. The number of benzene rings is 1. The second-order valence-electron chi connectivity index (χ2n) is 7.00. The van der Waals surface area contributed by atoms with Crippen LogP contribution in [0.1, 0.15) is 30.6 Å². The maximum absolute atomic E-state index is 13.1. The van der Waals surface area contributed by atoms with E-state index in [9.17, 15) is 9.59 Å². The van der Waals surface area contributed by atoms with Crippen LogP contribution >= 0.6 is 0 Å². The van der Waals surface area contributed by atoms with Gasteiger partial charge in [0.25, 0.3) is 5.91 Å². The Bertz CT molecular complexity index is 889. The maximum atomic E-state index is 13.1. The zero-order valence-electron chi connectivity index (χ0n) is 17.5. The van der Waals surface area contributed by atoms with E-state index in [4.69, 9.17) is 9.47 Å². The van der Waals surface area contributed by atoms with Crippen LogP contribution in [0.5, 0.6) is 11.5 Å². The molecule has 0 bridgehead atoms. The first-order chi connectivity index (χ1) is 13.9. The summed E-state index contributed by atoms with van der Waals surface area (Å²) in [5.41, 5.74) is 1.76. The van der Waals surface area contributed by atoms with Crippen LogP contribution < -0.4 is 9.47 Å². The fraction of sp³-hybridized carbons (Fsp3) is 0.476. The van der Waals surface area contributed by atoms with Gasteiger partial charge in [0, 0.05) is 45.4 Å². The lowest BCUT2D eigenvalue weighted by atomic mass is 10.1. The van der Waals surface area contributed by atoms with Gasteiger partial charge < -0.3 is 19.3 Å². The lowest BCUT2D eigenvalue weighted by Crippen LogP contribution is -2.41. The van der Waals surface area contributed by atoms with Crippen molar-refractivity contribution in [3.63, 3.8) is 0 Å². The van der Waals surface area contributed by atoms with Crippen LogP contribution in [0.15, 0.2) is 24.4 Å². The van der Waals surface area contributed by atoms with Gasteiger partial charge in [-0.05, 0) is 32.0 Å². The topological polar surface area (TPSA) is 76.9 Å². The summed E-state index contributed by atoms with van der Waals surface area (Å²) in [6.45, 7) is 6.31. The molecule has 0 atom stereocenters. The van der Waals surface area contributed by atoms with Crippen LogP contribution in [-0.4, -0.2) is 71.3 Å². The number of nitrogens with zero attached hydrogens (tertiary/aromatic N) is 4. The molecular formula is C21H28N4O4. The molecule has 0 saturated carbocycles. The summed E-state index contributed by atoms with van der Waals surface area (Å²) in [4.78, 5) is 28.6. The summed E-state index contributed by atoms with van der Waals surface area (Å²) in [6.07, 6.45) is 2.50. The average molecular weight is 400 g/mol. The van der Waals surface area contributed by atoms with E-state index in [0.717, 1.165) is 12.0 Å². The number of ether oxygens (including phenoxy) is 2. The minimum atomic E-state index is -0.249. The van der Waals surface area contributed by atoms with Gasteiger partial charge in [-0.2, -0.15) is 5.10 Å². The highest BCUT2D eigenvalue weighted by Crippen LogP contribution is 2.35. The number of aromatic nitrogens is 2. The van der Waals surface area contributed by atoms with Crippen molar-refractivity contribution in [2.45, 2.75) is 20.3 Å². The minimum Gasteiger partial charge on any atom is -0.490 e. The first kappa shape index (κ1) is 20.7. The molecule has 1 aromatic heterocycles. The van der Waals surface area contributed by atoms with Crippen molar-refractivity contribution in [3.05, 3.63) is 30.0 Å². The molecule has 0 saturated heterocycles. The molecule has 156 valence electrons. The fourth-order valence-electron chi connectivity index (χ4n) is 3.33. The molecule has 1 aliphatic heterocycles. The molecule has 0 aliphatic carbocycles. The molecule has 1 aromatic carbocycles. The van der Waals surface area contributed by atoms with Gasteiger partial charge in [0.15, 0.2) is 11.5 Å². The summed E-state index contributed by atoms with van der Waals surface area (Å²) >= 11 is 0. The highest BCUT2D eigenvalue weighted by Gasteiger charge is 2.24. The van der Waals surface area contributed by atoms with Crippen molar-refractivity contribution in [2.75, 3.05) is 39.9 Å². The van der Waals surface area contributed by atoms with Crippen molar-refractivity contribution >= 4 is 11.8 Å². The second kappa shape index (κ2) is 8.98. The van der Waals surface area contributed by atoms with Crippen LogP contribution in [0, 0.1) is 0 Å². The van der Waals surface area contributed by atoms with E-state index < -0.39 is 0 Å². The zero-order valence-corrected chi connectivity index (χ0v) is 17.5. The number of aryl methyl sites for hydroxylation is 1. The summed E-state index contributed by atoms with van der Waals surface area (Å²) in [5, 5.41) is 4.48. The molecule has 2 heterocycles. The SMILES string of the molecule is CCN(CC)C(=O)CN(C)C(=O)c1cn(C)nc1-c1ccc2c(c1)OCCCO2. The third-order valence-electron chi connectivity index (χ3n) is 4.92. The van der Waals surface area contributed by atoms with Gasteiger partial charge in [0.2, 0.25) is 5.91 Å². The molecule has 0 unspecified atom stereocenters. The monoisotopic (exact) mass is 400 g/mol. The Balaban J connectivity index is 1.86. The Labute approximate surface area is 171 Å². The molecule has 0 N–H and O–H groups in total. The molecule has 2 aromatic rings. The highest BCUT2D eigenvalue weighted by atomic mass is 16.5. The average Bonchev–Trinajstić information content (AvgIpc) is 2.94. The third-order valence-corrected chi connectivity index (χ3v) is 4.92. The molecule has 8 heteroatoms. The summed E-state index contributed by atoms with van der Waals surface area (Å²) in [5.74, 6) is 1.01. The fourth-order valence-corrected chi connectivity index (χ4v) is 3.33. The number of fused-ring (bicyclic) bond motifs is 1. The van der Waals surface area contributed by atoms with Gasteiger partial charge in [-0.3, -0.25) is 14.3 Å². The Morgan fingerprint density at radius 1 is 1.14 bits per heavy atom. The number of likely N-dealkylation sites (N-methyl/N-ethyl adjacent to an activating group) is 2. The van der Waals surface area contributed by atoms with Gasteiger partial charge in [-0.15, -0.1) is 0 Å². The number of hydrogen-bond acceptors (Lipinski definition) is 5. The molecule has 29 heavy (non-hydrogen) atoms. The Kier molecular flexibility index (Phi) is 6.41. The van der Waals surface area contributed by atoms with Crippen molar-refractivity contribution in [1.29, 1.82) is 0 Å². The van der Waals surface area contributed by atoms with Crippen LogP contribution in [-0.2, 0) is 11.8 Å². The molecule has 3 rings (SSSR count). The molecule has 0 spiro atoms. The van der Waals surface area contributed by atoms with Gasteiger partial charge in [0.05, 0.1) is 25.3 Å². The largest absolute Gasteiger partial charge is 0.490 e. The molecule has 2 amide bonds. The van der Waals surface area contributed by atoms with Crippen molar-refractivity contribution < 1.29 is 19.1 Å². The quantitative estimate of drug-likeness (QED) is 0.743. The normalized spacial score (nSPS) is 13.0. The smallest absolute Gasteiger partial charge is 0.257 e. The van der Waals surface area contributed by atoms with Crippen molar-refractivity contribution in [2.24, 2.45) is 7.05 Å². The number of amides is 2. The highest BCUT2D eigenvalue weighted by molar-refractivity contribution is 6.01. The zero-order chi connectivity index (χ0) is 21.0. The Morgan fingerprint density at radius 3 is 2.52 bits per heavy atom. The van der Waals surface area contributed by atoms with Gasteiger partial charge >= 0.3 is 0 Å². The first-order valence-corrected chi connectivity index (χ1v) is 9.91. The van der Waals surface area contributed by atoms with Crippen LogP contribution in [0.25, 0.3) is 11.3 Å². The van der Waals surface area contributed by atoms with Crippen molar-refractivity contribution in [3.8, 4) is 22.8 Å². The van der Waals surface area contributed by atoms with E-state index in [1.165, 1.54) is 4.90 Å². The first-order valence-electron chi connectivity index (χ1n) is 9.91. The number of carbonyl (C=O) groups is 2. The van der Waals surface area contributed by atoms with E-state index in [-0.39, 0.29) is 18.4 Å². The van der Waals surface area contributed by atoms with Crippen LogP contribution in [0.3, 0.4) is 0 Å². The summed E-state index contributed by atoms with van der Waals surface area (Å²) < 4.78 is 13.0. The maximum Gasteiger partial charge on any atom is 0.257 e. The Hall–Kier alpha value is -3.03. The number of carbonyl (C=O) groups excluding carboxylic acids is 2. The van der Waals surface area contributed by atoms with Crippen LogP contribution in [0.2, 0.25) is 0 Å². The van der Waals surface area contributed by atoms with Gasteiger partial charge in [-0.25, -0.2) is 0 Å². The van der Waals surface area contributed by atoms with Gasteiger partial charge in [0.1, 0.15) is 5.69 Å². The van der Waals surface area contributed by atoms with E-state index in [1.807, 2.05) is 32.0 Å². The van der Waals surface area contributed by atoms with Crippen molar-refractivity contribution in [1.82, 2.24) is 19.6 Å². The minimum absolute atomic E-state index is 0.0238. The molecule has 8 nitrogen and oxygen atoms in total. The van der Waals surface area contributed by atoms with E-state index in [0.29, 0.717) is 49.1 Å². The standard InChI is InChI=1S/C21H28N4O4/c1-5-25(6-2)19(26)14-23(3)21(27)16-13-24(4)22-20(16)15-8-9-17-18(12-15)29-11-7-10-28-17/h8-9,12-13H,5-7,10-11,14H2,1-4H3. The lowest BCUT2D eigenvalue weighted by Gasteiger charge is -2.23. The van der Waals surface area contributed by atoms with Crippen LogP contribution in [0.4, 0.5) is 0 Å². The molecule has 1 aliphatic rings.